The van der Waals surface area contributed by atoms with Gasteiger partial charge in [0.2, 0.25) is 0 Å². The molecule has 18 heavy (non-hydrogen) atoms. The molecule has 94 valence electrons. The Kier molecular flexibility index (Phi) is 4.69. The van der Waals surface area contributed by atoms with Gasteiger partial charge in [-0.1, -0.05) is 52.5 Å². The maximum atomic E-state index is 6.39. The second kappa shape index (κ2) is 5.90. The monoisotopic (exact) mass is 338 g/mol. The predicted molar refractivity (Wildman–Crippen MR) is 80.6 cm³/mol. The Hall–Kier alpha value is -0.110. The van der Waals surface area contributed by atoms with Crippen LogP contribution in [0.5, 0.6) is 0 Å². The van der Waals surface area contributed by atoms with E-state index >= 15 is 0 Å². The minimum absolute atomic E-state index is 0.425. The fourth-order valence-corrected chi connectivity index (χ4v) is 2.64. The van der Waals surface area contributed by atoms with Crippen LogP contribution in [0.1, 0.15) is 16.5 Å². The van der Waals surface area contributed by atoms with E-state index in [0.717, 1.165) is 11.1 Å². The van der Waals surface area contributed by atoms with Crippen molar-refractivity contribution in [2.24, 2.45) is 0 Å². The molecule has 0 fully saturated rings. The number of halogens is 5. The van der Waals surface area contributed by atoms with Crippen molar-refractivity contribution in [1.29, 1.82) is 0 Å². The van der Waals surface area contributed by atoms with E-state index in [0.29, 0.717) is 20.1 Å². The smallest absolute Gasteiger partial charge is 0.0850 e. The molecule has 1 unspecified atom stereocenters. The van der Waals surface area contributed by atoms with Crippen LogP contribution in [0.4, 0.5) is 0 Å². The third kappa shape index (κ3) is 3.07. The first-order chi connectivity index (χ1) is 8.49. The molecule has 0 nitrogen and oxygen atoms in total. The molecule has 2 aromatic carbocycles. The Balaban J connectivity index is 2.44. The van der Waals surface area contributed by atoms with Gasteiger partial charge in [0.1, 0.15) is 0 Å². The summed E-state index contributed by atoms with van der Waals surface area (Å²) in [6.07, 6.45) is 0. The summed E-state index contributed by atoms with van der Waals surface area (Å²) in [7, 11) is 0. The largest absolute Gasteiger partial charge is 0.113 e. The quantitative estimate of drug-likeness (QED) is 0.538. The summed E-state index contributed by atoms with van der Waals surface area (Å²) in [6.45, 7) is 0. The first-order valence-electron chi connectivity index (χ1n) is 5.03. The lowest BCUT2D eigenvalue weighted by Gasteiger charge is -2.13. The number of benzene rings is 2. The van der Waals surface area contributed by atoms with Crippen LogP contribution >= 0.6 is 58.0 Å². The van der Waals surface area contributed by atoms with Gasteiger partial charge < -0.3 is 0 Å². The summed E-state index contributed by atoms with van der Waals surface area (Å²) in [5.74, 6) is 0. The molecule has 0 radical (unpaired) electrons. The number of hydrogen-bond acceptors (Lipinski definition) is 0. The highest BCUT2D eigenvalue weighted by atomic mass is 35.5. The molecule has 0 amide bonds. The van der Waals surface area contributed by atoms with E-state index in [1.54, 1.807) is 30.3 Å². The maximum absolute atomic E-state index is 6.39. The van der Waals surface area contributed by atoms with Crippen LogP contribution in [0.2, 0.25) is 20.1 Å². The van der Waals surface area contributed by atoms with Crippen molar-refractivity contribution in [2.45, 2.75) is 5.38 Å². The Morgan fingerprint density at radius 3 is 2.06 bits per heavy atom. The summed E-state index contributed by atoms with van der Waals surface area (Å²) < 4.78 is 0. The highest BCUT2D eigenvalue weighted by Gasteiger charge is 2.15. The summed E-state index contributed by atoms with van der Waals surface area (Å²) in [6, 6.07) is 10.4. The van der Waals surface area contributed by atoms with Crippen molar-refractivity contribution in [1.82, 2.24) is 0 Å². The molecule has 1 atom stereocenters. The van der Waals surface area contributed by atoms with Gasteiger partial charge in [-0.15, -0.1) is 11.6 Å². The van der Waals surface area contributed by atoms with Crippen molar-refractivity contribution in [3.8, 4) is 0 Å². The average molecular weight is 340 g/mol. The normalized spacial score (nSPS) is 12.5. The molecular weight excluding hydrogens is 333 g/mol. The zero-order chi connectivity index (χ0) is 13.3. The van der Waals surface area contributed by atoms with Crippen molar-refractivity contribution in [3.63, 3.8) is 0 Å². The Morgan fingerprint density at radius 1 is 0.722 bits per heavy atom. The summed E-state index contributed by atoms with van der Waals surface area (Å²) >= 11 is 30.3. The highest BCUT2D eigenvalue weighted by molar-refractivity contribution is 6.42. The van der Waals surface area contributed by atoms with Crippen LogP contribution in [0.3, 0.4) is 0 Å². The molecule has 2 rings (SSSR count). The predicted octanol–water partition coefficient (Wildman–Crippen LogP) is 6.63. The third-order valence-corrected chi connectivity index (χ3v) is 4.27. The maximum Gasteiger partial charge on any atom is 0.0850 e. The van der Waals surface area contributed by atoms with Gasteiger partial charge in [-0.2, -0.15) is 0 Å². The van der Waals surface area contributed by atoms with E-state index in [1.165, 1.54) is 0 Å². The van der Waals surface area contributed by atoms with Crippen molar-refractivity contribution >= 4 is 58.0 Å². The van der Waals surface area contributed by atoms with E-state index in [4.69, 9.17) is 58.0 Å². The van der Waals surface area contributed by atoms with E-state index in [1.807, 2.05) is 6.07 Å². The minimum Gasteiger partial charge on any atom is -0.113 e. The molecule has 0 saturated heterocycles. The second-order valence-corrected chi connectivity index (χ2v) is 5.80. The van der Waals surface area contributed by atoms with Crippen LogP contribution in [0.25, 0.3) is 0 Å². The van der Waals surface area contributed by atoms with Gasteiger partial charge in [-0.05, 0) is 41.5 Å². The zero-order valence-electron chi connectivity index (χ0n) is 8.93. The van der Waals surface area contributed by atoms with Gasteiger partial charge in [-0.3, -0.25) is 0 Å². The van der Waals surface area contributed by atoms with Gasteiger partial charge in [0.05, 0.1) is 15.4 Å². The molecule has 0 saturated carbocycles. The van der Waals surface area contributed by atoms with Crippen LogP contribution in [-0.4, -0.2) is 0 Å². The Bertz CT molecular complexity index is 580. The molecular formula is C13H7Cl5. The highest BCUT2D eigenvalue weighted by Crippen LogP contribution is 2.37. The van der Waals surface area contributed by atoms with E-state index < -0.39 is 5.38 Å². The molecule has 0 N–H and O–H groups in total. The Labute approximate surface area is 130 Å². The minimum atomic E-state index is -0.425. The number of alkyl halides is 1. The lowest BCUT2D eigenvalue weighted by atomic mass is 10.0. The van der Waals surface area contributed by atoms with Crippen LogP contribution in [0.15, 0.2) is 36.4 Å². The van der Waals surface area contributed by atoms with Gasteiger partial charge in [0.25, 0.3) is 0 Å². The van der Waals surface area contributed by atoms with Gasteiger partial charge in [-0.25, -0.2) is 0 Å². The SMILES string of the molecule is Clc1ccc(Cl)c(C(Cl)c2ccc(Cl)c(Cl)c2)c1. The molecule has 2 aromatic rings. The fourth-order valence-electron chi connectivity index (χ4n) is 1.56. The molecule has 0 aromatic heterocycles. The van der Waals surface area contributed by atoms with E-state index in [2.05, 4.69) is 0 Å². The van der Waals surface area contributed by atoms with E-state index in [9.17, 15) is 0 Å². The molecule has 0 aliphatic heterocycles. The van der Waals surface area contributed by atoms with Crippen LogP contribution < -0.4 is 0 Å². The average Bonchev–Trinajstić information content (AvgIpc) is 2.35. The molecule has 0 aliphatic rings. The summed E-state index contributed by atoms with van der Waals surface area (Å²) in [5.41, 5.74) is 1.56. The Morgan fingerprint density at radius 2 is 1.39 bits per heavy atom. The van der Waals surface area contributed by atoms with E-state index in [-0.39, 0.29) is 0 Å². The standard InChI is InChI=1S/C13H7Cl5/c14-8-2-4-10(15)9(6-8)13(18)7-1-3-11(16)12(17)5-7/h1-6,13H. The molecule has 0 aliphatic carbocycles. The lowest BCUT2D eigenvalue weighted by Crippen LogP contribution is -1.94. The van der Waals surface area contributed by atoms with Crippen molar-refractivity contribution in [2.75, 3.05) is 0 Å². The summed E-state index contributed by atoms with van der Waals surface area (Å²) in [4.78, 5) is 0. The first-order valence-corrected chi connectivity index (χ1v) is 6.98. The molecule has 0 spiro atoms. The third-order valence-electron chi connectivity index (χ3n) is 2.47. The zero-order valence-corrected chi connectivity index (χ0v) is 12.7. The van der Waals surface area contributed by atoms with Gasteiger partial charge in [0, 0.05) is 10.0 Å². The number of rotatable bonds is 2. The van der Waals surface area contributed by atoms with Gasteiger partial charge >= 0.3 is 0 Å². The van der Waals surface area contributed by atoms with Gasteiger partial charge in [0.15, 0.2) is 0 Å². The molecule has 0 bridgehead atoms. The van der Waals surface area contributed by atoms with Crippen molar-refractivity contribution in [3.05, 3.63) is 67.6 Å². The lowest BCUT2D eigenvalue weighted by molar-refractivity contribution is 1.14. The second-order valence-electron chi connectivity index (χ2n) is 3.70. The first kappa shape index (κ1) is 14.3. The molecule has 5 heteroatoms. The van der Waals surface area contributed by atoms with Crippen LogP contribution in [0, 0.1) is 0 Å². The molecule has 0 heterocycles. The topological polar surface area (TPSA) is 0 Å². The fraction of sp³-hybridized carbons (Fsp3) is 0.0769. The van der Waals surface area contributed by atoms with Crippen LogP contribution in [-0.2, 0) is 0 Å². The van der Waals surface area contributed by atoms with Crippen molar-refractivity contribution < 1.29 is 0 Å². The summed E-state index contributed by atoms with van der Waals surface area (Å²) in [5, 5.41) is 1.66. The number of hydrogen-bond donors (Lipinski definition) is 0.